The molecule has 1 aromatic carbocycles. The molecule has 0 aliphatic carbocycles. The molecule has 0 amide bonds. The number of ether oxygens (including phenoxy) is 1. The summed E-state index contributed by atoms with van der Waals surface area (Å²) in [5, 5.41) is 9.12. The highest BCUT2D eigenvalue weighted by atomic mass is 79.9. The zero-order valence-corrected chi connectivity index (χ0v) is 12.4. The minimum absolute atomic E-state index is 0.102. The highest BCUT2D eigenvalue weighted by molar-refractivity contribution is 9.10. The van der Waals surface area contributed by atoms with Crippen molar-refractivity contribution in [1.29, 1.82) is 5.26 Å². The lowest BCUT2D eigenvalue weighted by atomic mass is 10.0. The van der Waals surface area contributed by atoms with Crippen LogP contribution in [0.2, 0.25) is 0 Å². The van der Waals surface area contributed by atoms with Crippen LogP contribution in [0.3, 0.4) is 0 Å². The molecule has 0 aliphatic heterocycles. The molecule has 0 fully saturated rings. The van der Waals surface area contributed by atoms with E-state index in [1.54, 1.807) is 19.1 Å². The van der Waals surface area contributed by atoms with Gasteiger partial charge in [-0.1, -0.05) is 15.9 Å². The predicted molar refractivity (Wildman–Crippen MR) is 76.3 cm³/mol. The summed E-state index contributed by atoms with van der Waals surface area (Å²) >= 11 is 3.23. The van der Waals surface area contributed by atoms with Crippen molar-refractivity contribution < 1.29 is 13.5 Å². The molecule has 0 atom stereocenters. The first-order chi connectivity index (χ1) is 9.92. The lowest BCUT2D eigenvalue weighted by Gasteiger charge is -2.12. The Hall–Kier alpha value is -2.20. The van der Waals surface area contributed by atoms with Crippen LogP contribution in [0.1, 0.15) is 11.3 Å². The number of aryl methyl sites for hydroxylation is 1. The van der Waals surface area contributed by atoms with Gasteiger partial charge in [0.15, 0.2) is 0 Å². The van der Waals surface area contributed by atoms with Crippen LogP contribution in [0.25, 0.3) is 11.1 Å². The Labute approximate surface area is 127 Å². The number of benzene rings is 1. The number of aromatic amines is 1. The van der Waals surface area contributed by atoms with Crippen molar-refractivity contribution in [2.75, 3.05) is 0 Å². The highest BCUT2D eigenvalue weighted by Crippen LogP contribution is 2.34. The maximum atomic E-state index is 12.5. The zero-order valence-electron chi connectivity index (χ0n) is 10.8. The second-order valence-electron chi connectivity index (χ2n) is 4.20. The number of H-pyrrole nitrogens is 1. The minimum atomic E-state index is -3.00. The number of aromatic nitrogens is 1. The van der Waals surface area contributed by atoms with Gasteiger partial charge in [-0.2, -0.15) is 14.0 Å². The average Bonchev–Trinajstić information content (AvgIpc) is 2.39. The number of pyridine rings is 1. The van der Waals surface area contributed by atoms with Gasteiger partial charge in [0.2, 0.25) is 0 Å². The molecule has 1 N–H and O–H groups in total. The van der Waals surface area contributed by atoms with Gasteiger partial charge in [0, 0.05) is 21.3 Å². The highest BCUT2D eigenvalue weighted by Gasteiger charge is 2.17. The third-order valence-electron chi connectivity index (χ3n) is 2.73. The van der Waals surface area contributed by atoms with Crippen molar-refractivity contribution in [2.45, 2.75) is 13.5 Å². The van der Waals surface area contributed by atoms with Crippen LogP contribution in [-0.2, 0) is 0 Å². The van der Waals surface area contributed by atoms with Crippen LogP contribution in [-0.4, -0.2) is 11.6 Å². The molecule has 0 saturated heterocycles. The number of nitriles is 1. The SMILES string of the molecule is Cc1cc(-c2cc(Br)ccc2OC(F)F)c(C#N)c(=O)[nH]1. The summed E-state index contributed by atoms with van der Waals surface area (Å²) in [5.41, 5.74) is 0.274. The van der Waals surface area contributed by atoms with Crippen LogP contribution in [0.4, 0.5) is 8.78 Å². The van der Waals surface area contributed by atoms with Crippen LogP contribution in [0.15, 0.2) is 33.5 Å². The number of halogens is 3. The van der Waals surface area contributed by atoms with Crippen LogP contribution < -0.4 is 10.3 Å². The van der Waals surface area contributed by atoms with E-state index in [4.69, 9.17) is 5.26 Å². The van der Waals surface area contributed by atoms with E-state index in [9.17, 15) is 13.6 Å². The Bertz CT molecular complexity index is 782. The molecule has 0 spiro atoms. The summed E-state index contributed by atoms with van der Waals surface area (Å²) in [6.45, 7) is -1.36. The van der Waals surface area contributed by atoms with Crippen molar-refractivity contribution in [1.82, 2.24) is 4.98 Å². The molecule has 0 saturated carbocycles. The van der Waals surface area contributed by atoms with Crippen LogP contribution >= 0.6 is 15.9 Å². The molecule has 0 bridgehead atoms. The lowest BCUT2D eigenvalue weighted by Crippen LogP contribution is -2.13. The van der Waals surface area contributed by atoms with E-state index >= 15 is 0 Å². The van der Waals surface area contributed by atoms with Crippen LogP contribution in [0.5, 0.6) is 5.75 Å². The van der Waals surface area contributed by atoms with Gasteiger partial charge < -0.3 is 9.72 Å². The number of rotatable bonds is 3. The third-order valence-corrected chi connectivity index (χ3v) is 3.22. The largest absolute Gasteiger partial charge is 0.434 e. The van der Waals surface area contributed by atoms with Gasteiger partial charge in [-0.25, -0.2) is 0 Å². The number of alkyl halides is 2. The fourth-order valence-corrected chi connectivity index (χ4v) is 2.28. The molecule has 1 heterocycles. The number of hydrogen-bond acceptors (Lipinski definition) is 3. The topological polar surface area (TPSA) is 65.9 Å². The zero-order chi connectivity index (χ0) is 15.6. The average molecular weight is 355 g/mol. The molecule has 0 unspecified atom stereocenters. The fraction of sp³-hybridized carbons (Fsp3) is 0.143. The third kappa shape index (κ3) is 3.28. The Morgan fingerprint density at radius 2 is 2.05 bits per heavy atom. The van der Waals surface area contributed by atoms with E-state index in [1.165, 1.54) is 18.2 Å². The Balaban J connectivity index is 2.75. The standard InChI is InChI=1S/C14H9BrF2N2O2/c1-7-4-9(11(6-18)13(20)19-7)10-5-8(15)2-3-12(10)21-14(16)17/h2-5,14H,1H3,(H,19,20). The van der Waals surface area contributed by atoms with Crippen LogP contribution in [0, 0.1) is 18.3 Å². The summed E-state index contributed by atoms with van der Waals surface area (Å²) in [6, 6.07) is 7.74. The van der Waals surface area contributed by atoms with E-state index in [0.717, 1.165) is 0 Å². The monoisotopic (exact) mass is 354 g/mol. The first-order valence-corrected chi connectivity index (χ1v) is 6.60. The predicted octanol–water partition coefficient (Wildman–Crippen LogP) is 3.59. The molecule has 0 aliphatic rings. The lowest BCUT2D eigenvalue weighted by molar-refractivity contribution is -0.0494. The second kappa shape index (κ2) is 6.06. The number of nitrogens with zero attached hydrogens (tertiary/aromatic N) is 1. The van der Waals surface area contributed by atoms with E-state index in [0.29, 0.717) is 10.2 Å². The van der Waals surface area contributed by atoms with Gasteiger partial charge in [-0.05, 0) is 31.2 Å². The molecule has 7 heteroatoms. The molecule has 0 radical (unpaired) electrons. The van der Waals surface area contributed by atoms with Crippen molar-refractivity contribution in [3.63, 3.8) is 0 Å². The summed E-state index contributed by atoms with van der Waals surface area (Å²) in [4.78, 5) is 14.3. The maximum Gasteiger partial charge on any atom is 0.387 e. The summed E-state index contributed by atoms with van der Waals surface area (Å²) in [6.07, 6.45) is 0. The molecule has 108 valence electrons. The van der Waals surface area contributed by atoms with E-state index in [-0.39, 0.29) is 22.4 Å². The summed E-state index contributed by atoms with van der Waals surface area (Å²) in [7, 11) is 0. The molecule has 2 rings (SSSR count). The minimum Gasteiger partial charge on any atom is -0.434 e. The van der Waals surface area contributed by atoms with Crippen molar-refractivity contribution in [2.24, 2.45) is 0 Å². The van der Waals surface area contributed by atoms with Gasteiger partial charge in [0.05, 0.1) is 0 Å². The van der Waals surface area contributed by atoms with Gasteiger partial charge in [-0.3, -0.25) is 4.79 Å². The van der Waals surface area contributed by atoms with Crippen molar-refractivity contribution in [3.05, 3.63) is 50.3 Å². The molecule has 4 nitrogen and oxygen atoms in total. The normalized spacial score (nSPS) is 10.5. The molecular formula is C14H9BrF2N2O2. The molecular weight excluding hydrogens is 346 g/mol. The summed E-state index contributed by atoms with van der Waals surface area (Å²) in [5.74, 6) is -0.102. The van der Waals surface area contributed by atoms with E-state index in [1.807, 2.05) is 0 Å². The van der Waals surface area contributed by atoms with Gasteiger partial charge in [0.1, 0.15) is 17.4 Å². The van der Waals surface area contributed by atoms with Gasteiger partial charge in [-0.15, -0.1) is 0 Å². The van der Waals surface area contributed by atoms with Gasteiger partial charge >= 0.3 is 6.61 Å². The Kier molecular flexibility index (Phi) is 4.38. The number of hydrogen-bond donors (Lipinski definition) is 1. The first-order valence-electron chi connectivity index (χ1n) is 5.81. The maximum absolute atomic E-state index is 12.5. The second-order valence-corrected chi connectivity index (χ2v) is 5.12. The quantitative estimate of drug-likeness (QED) is 0.915. The first kappa shape index (κ1) is 15.2. The number of nitrogens with one attached hydrogen (secondary N) is 1. The van der Waals surface area contributed by atoms with Crippen molar-refractivity contribution in [3.8, 4) is 22.9 Å². The Morgan fingerprint density at radius 3 is 2.67 bits per heavy atom. The molecule has 2 aromatic rings. The fourth-order valence-electron chi connectivity index (χ4n) is 1.92. The molecule has 21 heavy (non-hydrogen) atoms. The summed E-state index contributed by atoms with van der Waals surface area (Å²) < 4.78 is 30.1. The van der Waals surface area contributed by atoms with Gasteiger partial charge in [0.25, 0.3) is 5.56 Å². The Morgan fingerprint density at radius 1 is 1.33 bits per heavy atom. The van der Waals surface area contributed by atoms with Crippen molar-refractivity contribution >= 4 is 15.9 Å². The smallest absolute Gasteiger partial charge is 0.387 e. The van der Waals surface area contributed by atoms with E-state index < -0.39 is 12.2 Å². The molecule has 1 aromatic heterocycles. The van der Waals surface area contributed by atoms with E-state index in [2.05, 4.69) is 25.7 Å².